The van der Waals surface area contributed by atoms with Crippen LogP contribution in [0.4, 0.5) is 0 Å². The van der Waals surface area contributed by atoms with Gasteiger partial charge in [-0.25, -0.2) is 0 Å². The second-order valence-corrected chi connectivity index (χ2v) is 4.10. The summed E-state index contributed by atoms with van der Waals surface area (Å²) in [6, 6.07) is 18.7. The van der Waals surface area contributed by atoms with Crippen LogP contribution in [0.2, 0.25) is 0 Å². The molecule has 0 aliphatic heterocycles. The average Bonchev–Trinajstić information content (AvgIpc) is 2.47. The third kappa shape index (κ3) is 2.48. The molecule has 2 heteroatoms. The molecule has 2 N–H and O–H groups in total. The summed E-state index contributed by atoms with van der Waals surface area (Å²) in [7, 11) is 0. The van der Waals surface area contributed by atoms with E-state index in [1.54, 1.807) is 19.1 Å². The number of hydrogen-bond acceptors (Lipinski definition) is 2. The van der Waals surface area contributed by atoms with Gasteiger partial charge in [0.1, 0.15) is 0 Å². The topological polar surface area (TPSA) is 43.1 Å². The number of carbonyl (C=O) groups is 1. The molecule has 0 heterocycles. The van der Waals surface area contributed by atoms with E-state index in [0.29, 0.717) is 16.8 Å². The normalized spacial score (nSPS) is 11.8. The second-order valence-electron chi connectivity index (χ2n) is 4.10. The summed E-state index contributed by atoms with van der Waals surface area (Å²) in [5.41, 5.74) is 8.68. The second kappa shape index (κ2) is 5.32. The first-order valence-corrected chi connectivity index (χ1v) is 5.81. The number of carbonyl (C=O) groups excluding carboxylic acids is 1. The molecule has 0 saturated carbocycles. The van der Waals surface area contributed by atoms with E-state index in [4.69, 9.17) is 5.73 Å². The number of rotatable bonds is 3. The number of ketones is 1. The summed E-state index contributed by atoms with van der Waals surface area (Å²) in [5.74, 6) is -0.0306. The molecule has 0 bridgehead atoms. The van der Waals surface area contributed by atoms with Crippen molar-refractivity contribution >= 4 is 11.5 Å². The minimum absolute atomic E-state index is 0.0306. The first-order valence-electron chi connectivity index (χ1n) is 5.81. The van der Waals surface area contributed by atoms with Crippen LogP contribution in [0.15, 0.2) is 66.2 Å². The zero-order valence-electron chi connectivity index (χ0n) is 10.3. The van der Waals surface area contributed by atoms with Gasteiger partial charge in [-0.1, -0.05) is 60.7 Å². The van der Waals surface area contributed by atoms with Crippen molar-refractivity contribution in [3.63, 3.8) is 0 Å². The molecule has 2 aromatic rings. The van der Waals surface area contributed by atoms with Crippen molar-refractivity contribution in [2.24, 2.45) is 5.73 Å². The average molecular weight is 237 g/mol. The Hall–Kier alpha value is -2.35. The highest BCUT2D eigenvalue weighted by atomic mass is 16.1. The molecule has 2 rings (SSSR count). The van der Waals surface area contributed by atoms with E-state index in [1.807, 2.05) is 48.5 Å². The molecule has 0 spiro atoms. The maximum absolute atomic E-state index is 12.2. The summed E-state index contributed by atoms with van der Waals surface area (Å²) in [6.07, 6.45) is 0. The van der Waals surface area contributed by atoms with Crippen molar-refractivity contribution in [1.82, 2.24) is 0 Å². The van der Waals surface area contributed by atoms with Crippen LogP contribution in [0.3, 0.4) is 0 Å². The summed E-state index contributed by atoms with van der Waals surface area (Å²) in [4.78, 5) is 12.2. The fourth-order valence-electron chi connectivity index (χ4n) is 1.76. The van der Waals surface area contributed by atoms with Gasteiger partial charge in [-0.05, 0) is 12.5 Å². The van der Waals surface area contributed by atoms with Crippen molar-refractivity contribution in [3.8, 4) is 0 Å². The van der Waals surface area contributed by atoms with Crippen LogP contribution >= 0.6 is 0 Å². The molecule has 18 heavy (non-hydrogen) atoms. The number of allylic oxidation sites excluding steroid dienone is 1. The minimum Gasteiger partial charge on any atom is -0.398 e. The van der Waals surface area contributed by atoms with Crippen LogP contribution in [0.1, 0.15) is 22.8 Å². The molecule has 0 radical (unpaired) electrons. The molecule has 0 fully saturated rings. The van der Waals surface area contributed by atoms with Gasteiger partial charge in [0, 0.05) is 16.8 Å². The maximum Gasteiger partial charge on any atom is 0.190 e. The Morgan fingerprint density at radius 2 is 1.28 bits per heavy atom. The summed E-state index contributed by atoms with van der Waals surface area (Å²) < 4.78 is 0. The first-order chi connectivity index (χ1) is 8.70. The highest BCUT2D eigenvalue weighted by Gasteiger charge is 2.11. The molecular formula is C16H15NO. The van der Waals surface area contributed by atoms with Gasteiger partial charge in [0.25, 0.3) is 0 Å². The zero-order valence-corrected chi connectivity index (χ0v) is 10.3. The maximum atomic E-state index is 12.2. The quantitative estimate of drug-likeness (QED) is 0.657. The standard InChI is InChI=1S/C16H15NO/c1-12(15(17)13-8-4-2-5-9-13)16(18)14-10-6-3-7-11-14/h2-11H,17H2,1H3/b15-12-. The van der Waals surface area contributed by atoms with Crippen molar-refractivity contribution < 1.29 is 4.79 Å². The van der Waals surface area contributed by atoms with E-state index in [-0.39, 0.29) is 5.78 Å². The van der Waals surface area contributed by atoms with E-state index in [1.165, 1.54) is 0 Å². The van der Waals surface area contributed by atoms with Crippen molar-refractivity contribution in [2.45, 2.75) is 6.92 Å². The Labute approximate surface area is 107 Å². The lowest BCUT2D eigenvalue weighted by Crippen LogP contribution is -2.08. The van der Waals surface area contributed by atoms with E-state index in [0.717, 1.165) is 5.56 Å². The van der Waals surface area contributed by atoms with Crippen LogP contribution in [-0.4, -0.2) is 5.78 Å². The lowest BCUT2D eigenvalue weighted by molar-refractivity contribution is 0.103. The molecule has 0 amide bonds. The molecule has 0 aliphatic rings. The first kappa shape index (κ1) is 12.1. The molecule has 90 valence electrons. The SMILES string of the molecule is C/C(C(=O)c1ccccc1)=C(/N)c1ccccc1. The zero-order chi connectivity index (χ0) is 13.0. The molecule has 2 aromatic carbocycles. The number of hydrogen-bond donors (Lipinski definition) is 1. The van der Waals surface area contributed by atoms with E-state index < -0.39 is 0 Å². The van der Waals surface area contributed by atoms with Gasteiger partial charge in [0.05, 0.1) is 0 Å². The van der Waals surface area contributed by atoms with E-state index >= 15 is 0 Å². The fraction of sp³-hybridized carbons (Fsp3) is 0.0625. The Morgan fingerprint density at radius 1 is 0.833 bits per heavy atom. The van der Waals surface area contributed by atoms with Crippen molar-refractivity contribution in [3.05, 3.63) is 77.4 Å². The van der Waals surface area contributed by atoms with Gasteiger partial charge in [-0.2, -0.15) is 0 Å². The minimum atomic E-state index is -0.0306. The molecule has 0 atom stereocenters. The van der Waals surface area contributed by atoms with E-state index in [2.05, 4.69) is 0 Å². The van der Waals surface area contributed by atoms with Crippen LogP contribution in [0.25, 0.3) is 5.70 Å². The van der Waals surface area contributed by atoms with Gasteiger partial charge in [0.2, 0.25) is 0 Å². The predicted octanol–water partition coefficient (Wildman–Crippen LogP) is 3.26. The summed E-state index contributed by atoms with van der Waals surface area (Å²) >= 11 is 0. The van der Waals surface area contributed by atoms with Gasteiger partial charge < -0.3 is 5.73 Å². The van der Waals surface area contributed by atoms with Crippen LogP contribution < -0.4 is 5.73 Å². The lowest BCUT2D eigenvalue weighted by atomic mass is 10.00. The Morgan fingerprint density at radius 3 is 1.78 bits per heavy atom. The highest BCUT2D eigenvalue weighted by molar-refractivity contribution is 6.12. The number of benzene rings is 2. The predicted molar refractivity (Wildman–Crippen MR) is 74.0 cm³/mol. The highest BCUT2D eigenvalue weighted by Crippen LogP contribution is 2.16. The molecule has 0 unspecified atom stereocenters. The Balaban J connectivity index is 2.37. The van der Waals surface area contributed by atoms with Crippen molar-refractivity contribution in [2.75, 3.05) is 0 Å². The van der Waals surface area contributed by atoms with Gasteiger partial charge in [-0.15, -0.1) is 0 Å². The van der Waals surface area contributed by atoms with E-state index in [9.17, 15) is 4.79 Å². The monoisotopic (exact) mass is 237 g/mol. The van der Waals surface area contributed by atoms with Crippen LogP contribution in [0, 0.1) is 0 Å². The van der Waals surface area contributed by atoms with Crippen LogP contribution in [0.5, 0.6) is 0 Å². The molecule has 0 aromatic heterocycles. The summed E-state index contributed by atoms with van der Waals surface area (Å²) in [5, 5.41) is 0. The molecule has 2 nitrogen and oxygen atoms in total. The molecular weight excluding hydrogens is 222 g/mol. The fourth-order valence-corrected chi connectivity index (χ4v) is 1.76. The Kier molecular flexibility index (Phi) is 3.58. The largest absolute Gasteiger partial charge is 0.398 e. The third-order valence-electron chi connectivity index (χ3n) is 2.87. The molecule has 0 aliphatic carbocycles. The number of Topliss-reactive ketones (excluding diaryl/α,β-unsaturated/α-hetero) is 1. The summed E-state index contributed by atoms with van der Waals surface area (Å²) in [6.45, 7) is 1.76. The lowest BCUT2D eigenvalue weighted by Gasteiger charge is -2.07. The van der Waals surface area contributed by atoms with Gasteiger partial charge >= 0.3 is 0 Å². The number of nitrogens with two attached hydrogens (primary N) is 1. The molecule has 0 saturated heterocycles. The van der Waals surface area contributed by atoms with Gasteiger partial charge in [0.15, 0.2) is 5.78 Å². The van der Waals surface area contributed by atoms with Crippen molar-refractivity contribution in [1.29, 1.82) is 0 Å². The third-order valence-corrected chi connectivity index (χ3v) is 2.87. The van der Waals surface area contributed by atoms with Crippen LogP contribution in [-0.2, 0) is 0 Å². The smallest absolute Gasteiger partial charge is 0.190 e. The Bertz CT molecular complexity index is 571. The van der Waals surface area contributed by atoms with Gasteiger partial charge in [-0.3, -0.25) is 4.79 Å².